The second-order valence-corrected chi connectivity index (χ2v) is 4.01. The summed E-state index contributed by atoms with van der Waals surface area (Å²) >= 11 is 5.78. The predicted octanol–water partition coefficient (Wildman–Crippen LogP) is 2.44. The Hall–Kier alpha value is -2.14. The Labute approximate surface area is 108 Å². The smallest absolute Gasteiger partial charge is 0.356 e. The number of benzene rings is 1. The van der Waals surface area contributed by atoms with Crippen LogP contribution in [0.25, 0.3) is 0 Å². The molecule has 2 rings (SSSR count). The van der Waals surface area contributed by atoms with Crippen molar-refractivity contribution in [2.45, 2.75) is 6.54 Å². The number of anilines is 1. The van der Waals surface area contributed by atoms with Gasteiger partial charge >= 0.3 is 5.97 Å². The standard InChI is InChI=1S/C12H10ClN3O2/c13-9-3-1-8(2-4-9)5-15-11-7-14-6-10(16-11)12(17)18/h1-4,6-7H,5H2,(H,15,16)(H,17,18). The maximum absolute atomic E-state index is 10.7. The van der Waals surface area contributed by atoms with Crippen molar-refractivity contribution in [2.75, 3.05) is 5.32 Å². The van der Waals surface area contributed by atoms with Gasteiger partial charge in [-0.1, -0.05) is 23.7 Å². The number of rotatable bonds is 4. The number of nitrogens with one attached hydrogen (secondary N) is 1. The minimum atomic E-state index is -1.10. The van der Waals surface area contributed by atoms with Gasteiger partial charge in [0.1, 0.15) is 5.82 Å². The van der Waals surface area contributed by atoms with Gasteiger partial charge in [-0.15, -0.1) is 0 Å². The van der Waals surface area contributed by atoms with Gasteiger partial charge in [0.25, 0.3) is 0 Å². The van der Waals surface area contributed by atoms with E-state index in [1.54, 1.807) is 12.1 Å². The van der Waals surface area contributed by atoms with Crippen LogP contribution in [0.4, 0.5) is 5.82 Å². The first-order chi connectivity index (χ1) is 8.65. The topological polar surface area (TPSA) is 75.1 Å². The zero-order valence-corrected chi connectivity index (χ0v) is 10.1. The maximum Gasteiger partial charge on any atom is 0.356 e. The van der Waals surface area contributed by atoms with Crippen LogP contribution in [0.3, 0.4) is 0 Å². The lowest BCUT2D eigenvalue weighted by molar-refractivity contribution is 0.0690. The fraction of sp³-hybridized carbons (Fsp3) is 0.0833. The molecule has 0 aliphatic rings. The van der Waals surface area contributed by atoms with E-state index in [1.807, 2.05) is 12.1 Å². The highest BCUT2D eigenvalue weighted by Crippen LogP contribution is 2.11. The van der Waals surface area contributed by atoms with Crippen LogP contribution in [0.5, 0.6) is 0 Å². The molecule has 1 aromatic heterocycles. The van der Waals surface area contributed by atoms with E-state index in [1.165, 1.54) is 12.4 Å². The largest absolute Gasteiger partial charge is 0.476 e. The molecule has 0 fully saturated rings. The molecule has 92 valence electrons. The normalized spacial score (nSPS) is 10.1. The van der Waals surface area contributed by atoms with Crippen LogP contribution < -0.4 is 5.32 Å². The lowest BCUT2D eigenvalue weighted by Crippen LogP contribution is -2.06. The molecule has 5 nitrogen and oxygen atoms in total. The molecule has 2 aromatic rings. The van der Waals surface area contributed by atoms with Crippen LogP contribution >= 0.6 is 11.6 Å². The molecule has 1 heterocycles. The molecule has 0 radical (unpaired) electrons. The van der Waals surface area contributed by atoms with Crippen molar-refractivity contribution in [3.63, 3.8) is 0 Å². The highest BCUT2D eigenvalue weighted by Gasteiger charge is 2.05. The number of carboxylic acid groups (broad SMARTS) is 1. The lowest BCUT2D eigenvalue weighted by Gasteiger charge is -2.05. The SMILES string of the molecule is O=C(O)c1cncc(NCc2ccc(Cl)cc2)n1. The van der Waals surface area contributed by atoms with Gasteiger partial charge in [0.2, 0.25) is 0 Å². The molecular formula is C12H10ClN3O2. The van der Waals surface area contributed by atoms with Gasteiger partial charge in [-0.05, 0) is 17.7 Å². The van der Waals surface area contributed by atoms with Crippen molar-refractivity contribution in [1.82, 2.24) is 9.97 Å². The molecule has 0 aliphatic heterocycles. The summed E-state index contributed by atoms with van der Waals surface area (Å²) in [7, 11) is 0. The molecule has 0 atom stereocenters. The average molecular weight is 264 g/mol. The van der Waals surface area contributed by atoms with E-state index < -0.39 is 5.97 Å². The summed E-state index contributed by atoms with van der Waals surface area (Å²) in [5.74, 6) is -0.678. The third-order valence-electron chi connectivity index (χ3n) is 2.24. The zero-order chi connectivity index (χ0) is 13.0. The van der Waals surface area contributed by atoms with E-state index in [-0.39, 0.29) is 5.69 Å². The molecule has 0 spiro atoms. The maximum atomic E-state index is 10.7. The highest BCUT2D eigenvalue weighted by atomic mass is 35.5. The molecule has 2 N–H and O–H groups in total. The summed E-state index contributed by atoms with van der Waals surface area (Å²) in [6.45, 7) is 0.523. The number of carbonyl (C=O) groups is 1. The van der Waals surface area contributed by atoms with E-state index in [2.05, 4.69) is 15.3 Å². The third-order valence-corrected chi connectivity index (χ3v) is 2.49. The first-order valence-corrected chi connectivity index (χ1v) is 5.56. The quantitative estimate of drug-likeness (QED) is 0.886. The minimum Gasteiger partial charge on any atom is -0.476 e. The Morgan fingerprint density at radius 1 is 1.28 bits per heavy atom. The molecule has 18 heavy (non-hydrogen) atoms. The molecular weight excluding hydrogens is 254 g/mol. The Kier molecular flexibility index (Phi) is 3.74. The van der Waals surface area contributed by atoms with Crippen LogP contribution in [-0.2, 0) is 6.54 Å². The van der Waals surface area contributed by atoms with E-state index in [0.29, 0.717) is 17.4 Å². The van der Waals surface area contributed by atoms with Gasteiger partial charge in [-0.25, -0.2) is 9.78 Å². The summed E-state index contributed by atoms with van der Waals surface area (Å²) in [4.78, 5) is 18.4. The van der Waals surface area contributed by atoms with Crippen molar-refractivity contribution < 1.29 is 9.90 Å². The summed E-state index contributed by atoms with van der Waals surface area (Å²) in [6.07, 6.45) is 2.68. The van der Waals surface area contributed by atoms with Crippen molar-refractivity contribution >= 4 is 23.4 Å². The van der Waals surface area contributed by atoms with Gasteiger partial charge in [-0.3, -0.25) is 4.98 Å². The number of aromatic nitrogens is 2. The molecule has 0 saturated carbocycles. The Morgan fingerprint density at radius 3 is 2.67 bits per heavy atom. The van der Waals surface area contributed by atoms with Gasteiger partial charge in [0, 0.05) is 11.6 Å². The van der Waals surface area contributed by atoms with Crippen LogP contribution in [0.15, 0.2) is 36.7 Å². The zero-order valence-electron chi connectivity index (χ0n) is 9.30. The van der Waals surface area contributed by atoms with E-state index in [0.717, 1.165) is 5.56 Å². The van der Waals surface area contributed by atoms with Crippen LogP contribution in [0.1, 0.15) is 16.1 Å². The van der Waals surface area contributed by atoms with Crippen LogP contribution in [0, 0.1) is 0 Å². The van der Waals surface area contributed by atoms with Gasteiger partial charge in [0.05, 0.1) is 12.4 Å². The van der Waals surface area contributed by atoms with Crippen molar-refractivity contribution in [3.8, 4) is 0 Å². The molecule has 0 bridgehead atoms. The number of halogens is 1. The number of hydrogen-bond acceptors (Lipinski definition) is 4. The monoisotopic (exact) mass is 263 g/mol. The number of carboxylic acids is 1. The fourth-order valence-corrected chi connectivity index (χ4v) is 1.48. The highest BCUT2D eigenvalue weighted by molar-refractivity contribution is 6.30. The molecule has 6 heteroatoms. The summed E-state index contributed by atoms with van der Waals surface area (Å²) in [5.41, 5.74) is 0.929. The summed E-state index contributed by atoms with van der Waals surface area (Å²) < 4.78 is 0. The first kappa shape index (κ1) is 12.3. The summed E-state index contributed by atoms with van der Waals surface area (Å²) in [5, 5.41) is 12.4. The second kappa shape index (κ2) is 5.46. The van der Waals surface area contributed by atoms with E-state index in [9.17, 15) is 4.79 Å². The molecule has 0 saturated heterocycles. The first-order valence-electron chi connectivity index (χ1n) is 5.19. The molecule has 0 unspecified atom stereocenters. The van der Waals surface area contributed by atoms with Gasteiger partial charge in [0.15, 0.2) is 5.69 Å². The van der Waals surface area contributed by atoms with Gasteiger partial charge in [-0.2, -0.15) is 0 Å². The molecule has 1 aromatic carbocycles. The van der Waals surface area contributed by atoms with E-state index >= 15 is 0 Å². The van der Waals surface area contributed by atoms with Crippen molar-refractivity contribution in [3.05, 3.63) is 52.9 Å². The Morgan fingerprint density at radius 2 is 2.00 bits per heavy atom. The summed E-state index contributed by atoms with van der Waals surface area (Å²) in [6, 6.07) is 7.34. The van der Waals surface area contributed by atoms with E-state index in [4.69, 9.17) is 16.7 Å². The van der Waals surface area contributed by atoms with Crippen molar-refractivity contribution in [2.24, 2.45) is 0 Å². The Balaban J connectivity index is 2.04. The number of aromatic carboxylic acids is 1. The number of nitrogens with zero attached hydrogens (tertiary/aromatic N) is 2. The predicted molar refractivity (Wildman–Crippen MR) is 67.8 cm³/mol. The minimum absolute atomic E-state index is 0.0869. The lowest BCUT2D eigenvalue weighted by atomic mass is 10.2. The Bertz CT molecular complexity index is 558. The van der Waals surface area contributed by atoms with Gasteiger partial charge < -0.3 is 10.4 Å². The fourth-order valence-electron chi connectivity index (χ4n) is 1.35. The molecule has 0 aliphatic carbocycles. The van der Waals surface area contributed by atoms with Crippen molar-refractivity contribution in [1.29, 1.82) is 0 Å². The molecule has 0 amide bonds. The third kappa shape index (κ3) is 3.18. The number of hydrogen-bond donors (Lipinski definition) is 2. The average Bonchev–Trinajstić information content (AvgIpc) is 2.38. The second-order valence-electron chi connectivity index (χ2n) is 3.57. The van der Waals surface area contributed by atoms with Crippen LogP contribution in [0.2, 0.25) is 5.02 Å². The van der Waals surface area contributed by atoms with Crippen LogP contribution in [-0.4, -0.2) is 21.0 Å².